The Labute approximate surface area is 351 Å². The molecule has 56 heavy (non-hydrogen) atoms. The van der Waals surface area contributed by atoms with E-state index in [-0.39, 0.29) is 12.2 Å². The maximum absolute atomic E-state index is 6.54. The Morgan fingerprint density at radius 3 is 1.02 bits per heavy atom. The van der Waals surface area contributed by atoms with Crippen molar-refractivity contribution < 1.29 is 23.0 Å². The fourth-order valence-electron chi connectivity index (χ4n) is 7.36. The van der Waals surface area contributed by atoms with Gasteiger partial charge < -0.3 is 14.0 Å². The largest absolute Gasteiger partial charge is 0.427 e. The molecule has 1 aromatic carbocycles. The number of ether oxygens (including phenoxy) is 2. The molecule has 1 aromatic rings. The molecule has 0 aliphatic heterocycles. The van der Waals surface area contributed by atoms with Gasteiger partial charge in [-0.05, 0) is 37.8 Å². The van der Waals surface area contributed by atoms with Crippen molar-refractivity contribution in [3.8, 4) is 5.75 Å². The molecule has 2 atom stereocenters. The molecule has 0 spiro atoms. The molecule has 0 aromatic heterocycles. The Bertz CT molecular complexity index is 822. The third-order valence-corrected chi connectivity index (χ3v) is 12.2. The minimum atomic E-state index is -1.59. The maximum atomic E-state index is 6.54. The van der Waals surface area contributed by atoms with Gasteiger partial charge in [0.25, 0.3) is 0 Å². The van der Waals surface area contributed by atoms with Crippen LogP contribution in [0.2, 0.25) is 0 Å². The minimum absolute atomic E-state index is 0.0686. The summed E-state index contributed by atoms with van der Waals surface area (Å²) in [6.07, 6.45) is 44.3. The van der Waals surface area contributed by atoms with Gasteiger partial charge in [-0.2, -0.15) is 0 Å². The van der Waals surface area contributed by atoms with Crippen LogP contribution in [-0.4, -0.2) is 38.6 Å². The minimum Gasteiger partial charge on any atom is -0.427 e. The van der Waals surface area contributed by atoms with Crippen LogP contribution in [0.1, 0.15) is 246 Å². The van der Waals surface area contributed by atoms with Crippen molar-refractivity contribution in [2.75, 3.05) is 26.4 Å². The van der Waals surface area contributed by atoms with E-state index < -0.39 is 8.60 Å². The summed E-state index contributed by atoms with van der Waals surface area (Å²) in [6.45, 7) is 11.8. The Kier molecular flexibility index (Phi) is 41.7. The number of benzene rings is 1. The molecule has 5 nitrogen and oxygen atoms in total. The van der Waals surface area contributed by atoms with Crippen molar-refractivity contribution in [3.63, 3.8) is 0 Å². The van der Waals surface area contributed by atoms with Crippen molar-refractivity contribution in [2.45, 2.75) is 258 Å². The highest BCUT2D eigenvalue weighted by Crippen LogP contribution is 2.41. The number of hydrogen-bond acceptors (Lipinski definition) is 5. The maximum Gasteiger partial charge on any atom is 0.397 e. The third kappa shape index (κ3) is 36.4. The smallest absolute Gasteiger partial charge is 0.397 e. The zero-order chi connectivity index (χ0) is 40.3. The van der Waals surface area contributed by atoms with Gasteiger partial charge in [0, 0.05) is 13.2 Å². The molecule has 0 heterocycles. The zero-order valence-corrected chi connectivity index (χ0v) is 38.8. The van der Waals surface area contributed by atoms with Crippen LogP contribution in [0.15, 0.2) is 30.3 Å². The summed E-state index contributed by atoms with van der Waals surface area (Å²) in [4.78, 5) is 0. The fraction of sp³-hybridized carbons (Fsp3) is 0.880. The molecule has 0 saturated carbocycles. The first-order chi connectivity index (χ1) is 27.7. The van der Waals surface area contributed by atoms with Crippen LogP contribution in [0.4, 0.5) is 0 Å². The lowest BCUT2D eigenvalue weighted by Crippen LogP contribution is -2.23. The molecule has 0 aliphatic rings. The molecule has 0 radical (unpaired) electrons. The standard InChI is InChI=1S/C50H95O5P/c1-5-9-13-17-21-23-27-31-38-44-51-49(42-34-29-25-19-15-11-7-3)46-53-56(55-48-40-36-33-37-41-48)54-47-50(43-35-30-26-20-16-12-8-4)52-45-39-32-28-24-22-18-14-10-6-2/h33,36-37,40-41,49-50H,5-32,34-35,38-39,42-47H2,1-4H3. The van der Waals surface area contributed by atoms with E-state index in [4.69, 9.17) is 23.0 Å². The molecular weight excluding hydrogens is 712 g/mol. The molecule has 0 amide bonds. The van der Waals surface area contributed by atoms with Gasteiger partial charge >= 0.3 is 8.60 Å². The van der Waals surface area contributed by atoms with Crippen LogP contribution in [0.3, 0.4) is 0 Å². The van der Waals surface area contributed by atoms with Crippen LogP contribution < -0.4 is 4.52 Å². The van der Waals surface area contributed by atoms with Gasteiger partial charge in [-0.25, -0.2) is 0 Å². The van der Waals surface area contributed by atoms with Gasteiger partial charge in [0.15, 0.2) is 0 Å². The lowest BCUT2D eigenvalue weighted by molar-refractivity contribution is -0.00608. The summed E-state index contributed by atoms with van der Waals surface area (Å²) < 4.78 is 32.6. The molecule has 6 heteroatoms. The Morgan fingerprint density at radius 2 is 0.679 bits per heavy atom. The summed E-state index contributed by atoms with van der Waals surface area (Å²) in [7, 11) is -1.59. The van der Waals surface area contributed by atoms with E-state index in [9.17, 15) is 0 Å². The number of hydrogen-bond donors (Lipinski definition) is 0. The molecule has 0 fully saturated rings. The molecule has 0 N–H and O–H groups in total. The highest BCUT2D eigenvalue weighted by molar-refractivity contribution is 7.42. The average Bonchev–Trinajstić information content (AvgIpc) is 3.21. The fourth-order valence-corrected chi connectivity index (χ4v) is 8.41. The average molecular weight is 807 g/mol. The number of rotatable bonds is 46. The predicted octanol–water partition coefficient (Wildman–Crippen LogP) is 17.4. The second kappa shape index (κ2) is 43.9. The second-order valence-corrected chi connectivity index (χ2v) is 17.8. The van der Waals surface area contributed by atoms with E-state index >= 15 is 0 Å². The van der Waals surface area contributed by atoms with E-state index in [0.717, 1.165) is 44.6 Å². The number of para-hydroxylation sites is 1. The topological polar surface area (TPSA) is 46.2 Å². The van der Waals surface area contributed by atoms with Crippen molar-refractivity contribution in [1.29, 1.82) is 0 Å². The normalized spacial score (nSPS) is 13.3. The molecule has 0 aliphatic carbocycles. The quantitative estimate of drug-likeness (QED) is 0.0485. The first-order valence-electron chi connectivity index (χ1n) is 24.8. The molecule has 0 bridgehead atoms. The van der Waals surface area contributed by atoms with Crippen LogP contribution in [0, 0.1) is 0 Å². The van der Waals surface area contributed by atoms with Crippen molar-refractivity contribution in [1.82, 2.24) is 0 Å². The highest BCUT2D eigenvalue weighted by Gasteiger charge is 2.22. The Hall–Kier alpha value is -0.710. The second-order valence-electron chi connectivity index (χ2n) is 16.7. The summed E-state index contributed by atoms with van der Waals surface area (Å²) in [5.74, 6) is 0.789. The first kappa shape index (κ1) is 53.3. The van der Waals surface area contributed by atoms with Gasteiger partial charge in [0.2, 0.25) is 0 Å². The first-order valence-corrected chi connectivity index (χ1v) is 25.8. The molecule has 2 unspecified atom stereocenters. The van der Waals surface area contributed by atoms with Gasteiger partial charge in [0.05, 0.1) is 25.4 Å². The van der Waals surface area contributed by atoms with Crippen LogP contribution in [0.5, 0.6) is 5.75 Å². The summed E-state index contributed by atoms with van der Waals surface area (Å²) in [5.41, 5.74) is 0. The third-order valence-electron chi connectivity index (χ3n) is 11.1. The van der Waals surface area contributed by atoms with Gasteiger partial charge in [-0.15, -0.1) is 0 Å². The van der Waals surface area contributed by atoms with Crippen LogP contribution in [-0.2, 0) is 18.5 Å². The van der Waals surface area contributed by atoms with E-state index in [1.54, 1.807) is 0 Å². The highest BCUT2D eigenvalue weighted by atomic mass is 31.2. The lowest BCUT2D eigenvalue weighted by atomic mass is 10.1. The molecule has 1 rings (SSSR count). The van der Waals surface area contributed by atoms with Crippen LogP contribution in [0.25, 0.3) is 0 Å². The van der Waals surface area contributed by atoms with Gasteiger partial charge in [-0.1, -0.05) is 239 Å². The van der Waals surface area contributed by atoms with Crippen molar-refractivity contribution >= 4 is 8.60 Å². The Morgan fingerprint density at radius 1 is 0.375 bits per heavy atom. The van der Waals surface area contributed by atoms with Crippen molar-refractivity contribution in [3.05, 3.63) is 30.3 Å². The van der Waals surface area contributed by atoms with E-state index in [0.29, 0.717) is 13.2 Å². The lowest BCUT2D eigenvalue weighted by Gasteiger charge is -2.24. The summed E-state index contributed by atoms with van der Waals surface area (Å²) in [6, 6.07) is 10.0. The van der Waals surface area contributed by atoms with E-state index in [1.807, 2.05) is 30.3 Å². The summed E-state index contributed by atoms with van der Waals surface area (Å²) in [5, 5.41) is 0. The van der Waals surface area contributed by atoms with Crippen LogP contribution >= 0.6 is 8.60 Å². The molecular formula is C50H95O5P. The molecule has 0 saturated heterocycles. The van der Waals surface area contributed by atoms with E-state index in [2.05, 4.69) is 27.7 Å². The van der Waals surface area contributed by atoms with E-state index in [1.165, 1.54) is 193 Å². The van der Waals surface area contributed by atoms with Gasteiger partial charge in [-0.3, -0.25) is 9.05 Å². The molecule has 330 valence electrons. The van der Waals surface area contributed by atoms with Gasteiger partial charge in [0.1, 0.15) is 5.75 Å². The SMILES string of the molecule is CCCCCCCCCCCOC(CCCCCCCCC)COP(OCC(CCCCCCCCC)OCCCCCCCCCCC)Oc1ccccc1. The number of unbranched alkanes of at least 4 members (excludes halogenated alkanes) is 28. The monoisotopic (exact) mass is 807 g/mol. The predicted molar refractivity (Wildman–Crippen MR) is 245 cm³/mol. The zero-order valence-electron chi connectivity index (χ0n) is 37.9. The Balaban J connectivity index is 2.74. The summed E-state index contributed by atoms with van der Waals surface area (Å²) >= 11 is 0. The van der Waals surface area contributed by atoms with Crippen molar-refractivity contribution in [2.24, 2.45) is 0 Å².